The van der Waals surface area contributed by atoms with E-state index >= 15 is 0 Å². The molecule has 2 N–H and O–H groups in total. The smallest absolute Gasteiger partial charge is 0.214 e. The molecule has 1 saturated heterocycles. The zero-order valence-electron chi connectivity index (χ0n) is 8.07. The fraction of sp³-hybridized carbons (Fsp3) is 1.00. The Labute approximate surface area is 84.5 Å². The Hall–Kier alpha value is -0.130. The van der Waals surface area contributed by atoms with Crippen LogP contribution in [0.25, 0.3) is 0 Å². The van der Waals surface area contributed by atoms with Crippen molar-refractivity contribution in [2.45, 2.75) is 18.1 Å². The Kier molecular flexibility index (Phi) is 1.91. The first-order chi connectivity index (χ1) is 6.68. The highest BCUT2D eigenvalue weighted by Crippen LogP contribution is 2.48. The molecule has 0 spiro atoms. The van der Waals surface area contributed by atoms with Gasteiger partial charge in [-0.05, 0) is 43.7 Å². The number of fused-ring (bicyclic) bond motifs is 1. The van der Waals surface area contributed by atoms with E-state index in [1.165, 1.54) is 0 Å². The maximum Gasteiger partial charge on any atom is 0.214 e. The van der Waals surface area contributed by atoms with E-state index < -0.39 is 10.0 Å². The van der Waals surface area contributed by atoms with Gasteiger partial charge < -0.3 is 5.32 Å². The van der Waals surface area contributed by atoms with E-state index in [0.29, 0.717) is 12.5 Å². The topological polar surface area (TPSA) is 58.2 Å². The van der Waals surface area contributed by atoms with E-state index in [-0.39, 0.29) is 5.25 Å². The molecule has 1 heterocycles. The van der Waals surface area contributed by atoms with Gasteiger partial charge in [0, 0.05) is 6.54 Å². The molecule has 4 nitrogen and oxygen atoms in total. The number of hydrogen-bond donors (Lipinski definition) is 2. The van der Waals surface area contributed by atoms with Crippen molar-refractivity contribution in [3.63, 3.8) is 0 Å². The Balaban J connectivity index is 1.51. The van der Waals surface area contributed by atoms with Crippen LogP contribution in [0.5, 0.6) is 0 Å². The highest BCUT2D eigenvalue weighted by atomic mass is 32.2. The molecule has 3 rings (SSSR count). The lowest BCUT2D eigenvalue weighted by atomic mass is 10.3. The summed E-state index contributed by atoms with van der Waals surface area (Å²) in [6.45, 7) is 2.84. The quantitative estimate of drug-likeness (QED) is 0.668. The van der Waals surface area contributed by atoms with Crippen LogP contribution in [0.1, 0.15) is 12.8 Å². The molecule has 0 amide bonds. The van der Waals surface area contributed by atoms with Crippen molar-refractivity contribution in [2.24, 2.45) is 17.8 Å². The lowest BCUT2D eigenvalue weighted by molar-refractivity contribution is 0.552. The summed E-state index contributed by atoms with van der Waals surface area (Å²) in [7, 11) is -2.94. The fourth-order valence-corrected chi connectivity index (χ4v) is 3.98. The SMILES string of the molecule is O=S(=O)(NCC1C2CNCC21)C1CC1. The van der Waals surface area contributed by atoms with Gasteiger partial charge in [-0.1, -0.05) is 0 Å². The second-order valence-corrected chi connectivity index (χ2v) is 6.79. The van der Waals surface area contributed by atoms with Gasteiger partial charge >= 0.3 is 0 Å². The molecule has 3 aliphatic rings. The molecule has 2 aliphatic carbocycles. The van der Waals surface area contributed by atoms with Crippen LogP contribution in [0, 0.1) is 17.8 Å². The van der Waals surface area contributed by atoms with E-state index in [1.807, 2.05) is 0 Å². The van der Waals surface area contributed by atoms with Gasteiger partial charge in [-0.15, -0.1) is 0 Å². The van der Waals surface area contributed by atoms with E-state index in [9.17, 15) is 8.42 Å². The second-order valence-electron chi connectivity index (χ2n) is 4.74. The van der Waals surface area contributed by atoms with Crippen LogP contribution < -0.4 is 10.0 Å². The van der Waals surface area contributed by atoms with Crippen molar-refractivity contribution in [3.05, 3.63) is 0 Å². The molecular formula is C9H16N2O2S. The molecule has 5 heteroatoms. The predicted molar refractivity (Wildman–Crippen MR) is 53.3 cm³/mol. The lowest BCUT2D eigenvalue weighted by Gasteiger charge is -2.06. The lowest BCUT2D eigenvalue weighted by Crippen LogP contribution is -2.31. The largest absolute Gasteiger partial charge is 0.316 e. The van der Waals surface area contributed by atoms with Crippen LogP contribution >= 0.6 is 0 Å². The first kappa shape index (κ1) is 9.12. The summed E-state index contributed by atoms with van der Waals surface area (Å²) in [6.07, 6.45) is 1.71. The third kappa shape index (κ3) is 1.47. The van der Waals surface area contributed by atoms with Crippen molar-refractivity contribution >= 4 is 10.0 Å². The van der Waals surface area contributed by atoms with Gasteiger partial charge in [0.2, 0.25) is 10.0 Å². The van der Waals surface area contributed by atoms with Gasteiger partial charge in [-0.3, -0.25) is 0 Å². The first-order valence-electron chi connectivity index (χ1n) is 5.38. The first-order valence-corrected chi connectivity index (χ1v) is 6.92. The summed E-state index contributed by atoms with van der Waals surface area (Å²) < 4.78 is 25.8. The van der Waals surface area contributed by atoms with E-state index in [4.69, 9.17) is 0 Å². The van der Waals surface area contributed by atoms with Crippen molar-refractivity contribution in [1.82, 2.24) is 10.0 Å². The molecule has 0 aromatic rings. The average molecular weight is 216 g/mol. The third-order valence-electron chi connectivity index (χ3n) is 3.75. The van der Waals surface area contributed by atoms with Gasteiger partial charge in [0.1, 0.15) is 0 Å². The minimum Gasteiger partial charge on any atom is -0.316 e. The molecule has 14 heavy (non-hydrogen) atoms. The normalized spacial score (nSPS) is 41.0. The highest BCUT2D eigenvalue weighted by molar-refractivity contribution is 7.90. The predicted octanol–water partition coefficient (Wildman–Crippen LogP) is -0.466. The Bertz CT molecular complexity index is 327. The Morgan fingerprint density at radius 1 is 1.21 bits per heavy atom. The molecule has 0 radical (unpaired) electrons. The molecule has 1 aliphatic heterocycles. The van der Waals surface area contributed by atoms with Crippen LogP contribution in [-0.2, 0) is 10.0 Å². The summed E-state index contributed by atoms with van der Waals surface area (Å²) in [5.74, 6) is 2.11. The van der Waals surface area contributed by atoms with Gasteiger partial charge in [0.05, 0.1) is 5.25 Å². The van der Waals surface area contributed by atoms with Crippen LogP contribution in [0.15, 0.2) is 0 Å². The molecule has 80 valence electrons. The van der Waals surface area contributed by atoms with Crippen LogP contribution in [0.2, 0.25) is 0 Å². The van der Waals surface area contributed by atoms with Crippen molar-refractivity contribution in [2.75, 3.05) is 19.6 Å². The number of sulfonamides is 1. The molecular weight excluding hydrogens is 200 g/mol. The van der Waals surface area contributed by atoms with Crippen molar-refractivity contribution in [1.29, 1.82) is 0 Å². The molecule has 3 fully saturated rings. The summed E-state index contributed by atoms with van der Waals surface area (Å²) in [5, 5.41) is 3.24. The summed E-state index contributed by atoms with van der Waals surface area (Å²) >= 11 is 0. The van der Waals surface area contributed by atoms with E-state index in [2.05, 4.69) is 10.0 Å². The minimum absolute atomic E-state index is 0.0702. The van der Waals surface area contributed by atoms with Gasteiger partial charge in [0.15, 0.2) is 0 Å². The van der Waals surface area contributed by atoms with E-state index in [0.717, 1.165) is 37.8 Å². The van der Waals surface area contributed by atoms with Gasteiger partial charge in [-0.2, -0.15) is 0 Å². The van der Waals surface area contributed by atoms with Gasteiger partial charge in [0.25, 0.3) is 0 Å². The Morgan fingerprint density at radius 2 is 1.86 bits per heavy atom. The number of piperidine rings is 1. The van der Waals surface area contributed by atoms with Crippen LogP contribution in [0.4, 0.5) is 0 Å². The monoisotopic (exact) mass is 216 g/mol. The zero-order chi connectivity index (χ0) is 9.76. The van der Waals surface area contributed by atoms with E-state index in [1.54, 1.807) is 0 Å². The maximum absolute atomic E-state index is 11.5. The molecule has 2 atom stereocenters. The number of hydrogen-bond acceptors (Lipinski definition) is 3. The molecule has 2 unspecified atom stereocenters. The minimum atomic E-state index is -2.94. The molecule has 0 aromatic carbocycles. The standard InChI is InChI=1S/C9H16N2O2S/c12-14(13,6-1-2-6)11-5-9-7-3-10-4-8(7)9/h6-11H,1-5H2. The molecule has 0 aromatic heterocycles. The van der Waals surface area contributed by atoms with Crippen LogP contribution in [-0.4, -0.2) is 33.3 Å². The number of nitrogens with one attached hydrogen (secondary N) is 2. The Morgan fingerprint density at radius 3 is 2.43 bits per heavy atom. The fourth-order valence-electron chi connectivity index (χ4n) is 2.56. The highest BCUT2D eigenvalue weighted by Gasteiger charge is 2.52. The summed E-state index contributed by atoms with van der Waals surface area (Å²) in [4.78, 5) is 0. The summed E-state index contributed by atoms with van der Waals surface area (Å²) in [5.41, 5.74) is 0. The maximum atomic E-state index is 11.5. The molecule has 2 saturated carbocycles. The van der Waals surface area contributed by atoms with Crippen molar-refractivity contribution < 1.29 is 8.42 Å². The second kappa shape index (κ2) is 2.93. The summed E-state index contributed by atoms with van der Waals surface area (Å²) in [6, 6.07) is 0. The molecule has 0 bridgehead atoms. The van der Waals surface area contributed by atoms with Crippen LogP contribution in [0.3, 0.4) is 0 Å². The zero-order valence-corrected chi connectivity index (χ0v) is 8.89. The van der Waals surface area contributed by atoms with Gasteiger partial charge in [-0.25, -0.2) is 13.1 Å². The van der Waals surface area contributed by atoms with Crippen molar-refractivity contribution in [3.8, 4) is 0 Å². The average Bonchev–Trinajstić information content (AvgIpc) is 3.04. The third-order valence-corrected chi connectivity index (χ3v) is 5.67. The number of rotatable bonds is 4.